The highest BCUT2D eigenvalue weighted by molar-refractivity contribution is 14.1. The van der Waals surface area contributed by atoms with E-state index in [4.69, 9.17) is 15.5 Å². The topological polar surface area (TPSA) is 86.4 Å². The first kappa shape index (κ1) is 23.3. The number of nitrogens with two attached hydrogens (primary N) is 1. The van der Waals surface area contributed by atoms with Gasteiger partial charge in [0.15, 0.2) is 5.84 Å². The van der Waals surface area contributed by atoms with E-state index >= 15 is 0 Å². The molecule has 32 heavy (non-hydrogen) atoms. The third-order valence-electron chi connectivity index (χ3n) is 6.02. The summed E-state index contributed by atoms with van der Waals surface area (Å²) < 4.78 is 7.76. The number of benzene rings is 1. The van der Waals surface area contributed by atoms with Crippen LogP contribution < -0.4 is 11.1 Å². The molecule has 2 fully saturated rings. The van der Waals surface area contributed by atoms with Crippen molar-refractivity contribution in [3.8, 4) is 0 Å². The zero-order valence-electron chi connectivity index (χ0n) is 18.7. The molecule has 174 valence electrons. The van der Waals surface area contributed by atoms with Crippen molar-refractivity contribution in [2.24, 2.45) is 10.7 Å². The predicted molar refractivity (Wildman–Crippen MR) is 133 cm³/mol. The van der Waals surface area contributed by atoms with Crippen LogP contribution in [0.2, 0.25) is 0 Å². The Kier molecular flexibility index (Phi) is 7.90. The van der Waals surface area contributed by atoms with E-state index in [2.05, 4.69) is 64.3 Å². The third kappa shape index (κ3) is 5.55. The molecule has 3 aliphatic rings. The molecule has 1 aromatic carbocycles. The molecule has 0 spiro atoms. The number of hydrogen-bond donors (Lipinski definition) is 2. The molecule has 0 aromatic heterocycles. The Morgan fingerprint density at radius 1 is 1.22 bits per heavy atom. The molecule has 0 bridgehead atoms. The summed E-state index contributed by atoms with van der Waals surface area (Å²) in [6.45, 7) is 6.96. The average molecular weight is 552 g/mol. The molecular weight excluding hydrogens is 519 g/mol. The van der Waals surface area contributed by atoms with Crippen molar-refractivity contribution >= 4 is 34.6 Å². The van der Waals surface area contributed by atoms with Crippen LogP contribution in [0.3, 0.4) is 0 Å². The average Bonchev–Trinajstić information content (AvgIpc) is 3.28. The van der Waals surface area contributed by atoms with E-state index in [1.165, 1.54) is 31.5 Å². The van der Waals surface area contributed by atoms with E-state index in [0.717, 1.165) is 31.4 Å². The van der Waals surface area contributed by atoms with Crippen LogP contribution in [-0.2, 0) is 22.6 Å². The molecule has 1 atom stereocenters. The van der Waals surface area contributed by atoms with Crippen LogP contribution in [-0.4, -0.2) is 57.2 Å². The van der Waals surface area contributed by atoms with Crippen molar-refractivity contribution in [3.63, 3.8) is 0 Å². The van der Waals surface area contributed by atoms with Crippen molar-refractivity contribution in [2.75, 3.05) is 26.2 Å². The second-order valence-electron chi connectivity index (χ2n) is 8.64. The van der Waals surface area contributed by atoms with Gasteiger partial charge in [-0.15, -0.1) is 0 Å². The fourth-order valence-electron chi connectivity index (χ4n) is 4.37. The molecule has 3 heterocycles. The minimum atomic E-state index is -0.495. The largest absolute Gasteiger partial charge is 0.383 e. The molecule has 9 heteroatoms. The van der Waals surface area contributed by atoms with Gasteiger partial charge in [0, 0.05) is 13.1 Å². The highest BCUT2D eigenvalue weighted by Crippen LogP contribution is 2.27. The first-order chi connectivity index (χ1) is 15.5. The number of unbranched alkanes of at least 4 members (excludes halogenated alkanes) is 2. The Labute approximate surface area is 204 Å². The lowest BCUT2D eigenvalue weighted by atomic mass is 10.1. The lowest BCUT2D eigenvalue weighted by Gasteiger charge is -2.38. The van der Waals surface area contributed by atoms with Gasteiger partial charge in [0.1, 0.15) is 11.5 Å². The van der Waals surface area contributed by atoms with Crippen LogP contribution in [0.25, 0.3) is 0 Å². The summed E-state index contributed by atoms with van der Waals surface area (Å²) in [5, 5.41) is 2.91. The van der Waals surface area contributed by atoms with E-state index in [9.17, 15) is 4.79 Å². The Morgan fingerprint density at radius 3 is 2.72 bits per heavy atom. The zero-order chi connectivity index (χ0) is 22.5. The summed E-state index contributed by atoms with van der Waals surface area (Å²) >= 11 is 2.10. The SMILES string of the molecule is CCCCCOC1N=C2C(=C(N)N1I)NC(=O)CN2Cc1cccc(CN2CCCC2)c1. The smallest absolute Gasteiger partial charge is 0.244 e. The summed E-state index contributed by atoms with van der Waals surface area (Å²) in [4.78, 5) is 21.8. The Morgan fingerprint density at radius 2 is 1.97 bits per heavy atom. The fraction of sp³-hybridized carbons (Fsp3) is 0.565. The van der Waals surface area contributed by atoms with Crippen molar-refractivity contribution in [2.45, 2.75) is 58.5 Å². The maximum atomic E-state index is 12.4. The quantitative estimate of drug-likeness (QED) is 0.279. The Hall–Kier alpha value is -1.85. The van der Waals surface area contributed by atoms with Crippen LogP contribution in [0.5, 0.6) is 0 Å². The number of aliphatic imine (C=N–C) groups is 1. The standard InChI is InChI=1S/C23H33IN6O2/c1-2-3-6-12-32-23-27-22-20(21(25)30(23)24)26-19(31)16-29(22)15-18-9-7-8-17(13-18)14-28-10-4-5-11-28/h7-9,13,23H,2-6,10-12,14-16,25H2,1H3,(H,26,31). The fourth-order valence-corrected chi connectivity index (χ4v) is 4.89. The van der Waals surface area contributed by atoms with Gasteiger partial charge in [-0.2, -0.15) is 0 Å². The number of carbonyl (C=O) groups is 1. The van der Waals surface area contributed by atoms with Crippen LogP contribution in [0.1, 0.15) is 50.2 Å². The number of ether oxygens (including phenoxy) is 1. The second kappa shape index (κ2) is 10.8. The van der Waals surface area contributed by atoms with Gasteiger partial charge < -0.3 is 20.7 Å². The highest BCUT2D eigenvalue weighted by Gasteiger charge is 2.36. The number of nitrogens with zero attached hydrogens (tertiary/aromatic N) is 4. The monoisotopic (exact) mass is 552 g/mol. The highest BCUT2D eigenvalue weighted by atomic mass is 127. The molecule has 0 aliphatic carbocycles. The molecule has 8 nitrogen and oxygen atoms in total. The van der Waals surface area contributed by atoms with E-state index in [1.807, 2.05) is 4.90 Å². The number of amides is 1. The molecule has 0 saturated carbocycles. The Bertz CT molecular complexity index is 883. The summed E-state index contributed by atoms with van der Waals surface area (Å²) in [6, 6.07) is 8.63. The summed E-state index contributed by atoms with van der Waals surface area (Å²) in [5.41, 5.74) is 9.41. The number of piperazine rings is 1. The normalized spacial score (nSPS) is 21.6. The van der Waals surface area contributed by atoms with Crippen LogP contribution in [0.15, 0.2) is 40.8 Å². The van der Waals surface area contributed by atoms with Gasteiger partial charge >= 0.3 is 0 Å². The number of amidine groups is 1. The molecule has 1 unspecified atom stereocenters. The van der Waals surface area contributed by atoms with Gasteiger partial charge in [0.25, 0.3) is 0 Å². The first-order valence-electron chi connectivity index (χ1n) is 11.5. The lowest BCUT2D eigenvalue weighted by molar-refractivity contribution is -0.121. The van der Waals surface area contributed by atoms with Crippen molar-refractivity contribution in [1.29, 1.82) is 0 Å². The molecule has 1 amide bonds. The molecule has 3 aliphatic heterocycles. The van der Waals surface area contributed by atoms with Crippen LogP contribution in [0, 0.1) is 0 Å². The summed E-state index contributed by atoms with van der Waals surface area (Å²) in [5.74, 6) is 1.08. The number of carbonyl (C=O) groups excluding carboxylic acids is 1. The van der Waals surface area contributed by atoms with Gasteiger partial charge in [0.05, 0.1) is 36.0 Å². The number of likely N-dealkylation sites (tertiary alicyclic amines) is 1. The third-order valence-corrected chi connectivity index (χ3v) is 7.02. The zero-order valence-corrected chi connectivity index (χ0v) is 20.9. The first-order valence-corrected chi connectivity index (χ1v) is 12.5. The minimum absolute atomic E-state index is 0.0813. The van der Waals surface area contributed by atoms with E-state index in [-0.39, 0.29) is 12.5 Å². The maximum Gasteiger partial charge on any atom is 0.244 e. The Balaban J connectivity index is 1.50. The molecule has 2 saturated heterocycles. The molecule has 0 radical (unpaired) electrons. The van der Waals surface area contributed by atoms with E-state index < -0.39 is 6.35 Å². The number of nitrogens with one attached hydrogen (secondary N) is 1. The van der Waals surface area contributed by atoms with Gasteiger partial charge in [-0.25, -0.2) is 4.99 Å². The van der Waals surface area contributed by atoms with Gasteiger partial charge in [-0.05, 0) is 43.5 Å². The number of fused-ring (bicyclic) bond motifs is 1. The van der Waals surface area contributed by atoms with E-state index in [0.29, 0.717) is 30.5 Å². The van der Waals surface area contributed by atoms with Gasteiger partial charge in [-0.3, -0.25) is 12.8 Å². The van der Waals surface area contributed by atoms with Gasteiger partial charge in [-0.1, -0.05) is 44.0 Å². The van der Waals surface area contributed by atoms with Crippen LogP contribution in [0.4, 0.5) is 0 Å². The van der Waals surface area contributed by atoms with Crippen molar-refractivity contribution in [3.05, 3.63) is 46.9 Å². The lowest BCUT2D eigenvalue weighted by Crippen LogP contribution is -2.54. The molecule has 1 aromatic rings. The number of halogens is 1. The second-order valence-corrected chi connectivity index (χ2v) is 9.68. The van der Waals surface area contributed by atoms with Gasteiger partial charge in [0.2, 0.25) is 12.3 Å². The summed E-state index contributed by atoms with van der Waals surface area (Å²) in [6.07, 6.45) is 5.33. The summed E-state index contributed by atoms with van der Waals surface area (Å²) in [7, 11) is 0. The molecule has 3 N–H and O–H groups in total. The number of rotatable bonds is 9. The van der Waals surface area contributed by atoms with E-state index in [1.54, 1.807) is 3.11 Å². The van der Waals surface area contributed by atoms with Crippen molar-refractivity contribution < 1.29 is 9.53 Å². The predicted octanol–water partition coefficient (Wildman–Crippen LogP) is 2.90. The number of hydrogen-bond acceptors (Lipinski definition) is 7. The maximum absolute atomic E-state index is 12.4. The molecular formula is C23H33IN6O2. The molecule has 4 rings (SSSR count). The van der Waals surface area contributed by atoms with Crippen LogP contribution >= 0.6 is 22.9 Å². The minimum Gasteiger partial charge on any atom is -0.383 e. The van der Waals surface area contributed by atoms with Crippen molar-refractivity contribution in [1.82, 2.24) is 18.2 Å².